The van der Waals surface area contributed by atoms with Crippen LogP contribution in [0.3, 0.4) is 0 Å². The molecule has 8 nitrogen and oxygen atoms in total. The number of hydrogen-bond donors (Lipinski definition) is 5. The second-order valence-electron chi connectivity index (χ2n) is 8.73. The van der Waals surface area contributed by atoms with E-state index in [1.807, 2.05) is 69.3 Å². The van der Waals surface area contributed by atoms with Crippen LogP contribution < -0.4 is 10.6 Å². The van der Waals surface area contributed by atoms with E-state index in [0.717, 1.165) is 39.2 Å². The molecule has 0 aliphatic heterocycles. The molecular weight excluding hydrogens is 442 g/mol. The molecule has 1 atom stereocenters. The average molecular weight is 472 g/mol. The SMILES string of the molecule is Cc1cc(C)c(C(=O)NC(Cc2ccc(-c3ccc(CNc4ncc[nH]4)[nH]3)cc2)C(=O)O)c(C)c1. The molecule has 180 valence electrons. The van der Waals surface area contributed by atoms with Crippen LogP contribution in [-0.2, 0) is 17.8 Å². The molecule has 0 aliphatic carbocycles. The van der Waals surface area contributed by atoms with Gasteiger partial charge in [-0.05, 0) is 55.2 Å². The van der Waals surface area contributed by atoms with E-state index in [-0.39, 0.29) is 12.3 Å². The highest BCUT2D eigenvalue weighted by Gasteiger charge is 2.23. The van der Waals surface area contributed by atoms with Crippen molar-refractivity contribution in [2.24, 2.45) is 0 Å². The molecule has 0 saturated heterocycles. The van der Waals surface area contributed by atoms with Crippen LogP contribution in [0.2, 0.25) is 0 Å². The summed E-state index contributed by atoms with van der Waals surface area (Å²) < 4.78 is 0. The fraction of sp³-hybridized carbons (Fsp3) is 0.222. The molecule has 0 spiro atoms. The molecule has 0 fully saturated rings. The number of carboxylic acids is 1. The Kier molecular flexibility index (Phi) is 7.01. The predicted octanol–water partition coefficient (Wildman–Crippen LogP) is 4.37. The van der Waals surface area contributed by atoms with Gasteiger partial charge in [0, 0.05) is 35.8 Å². The zero-order valence-electron chi connectivity index (χ0n) is 20.0. The van der Waals surface area contributed by atoms with E-state index >= 15 is 0 Å². The number of carbonyl (C=O) groups excluding carboxylic acids is 1. The molecule has 2 heterocycles. The highest BCUT2D eigenvalue weighted by atomic mass is 16.4. The molecular formula is C27H29N5O3. The number of benzene rings is 2. The fourth-order valence-corrected chi connectivity index (χ4v) is 4.28. The van der Waals surface area contributed by atoms with Crippen LogP contribution in [0, 0.1) is 20.8 Å². The number of aromatic nitrogens is 3. The van der Waals surface area contributed by atoms with E-state index in [0.29, 0.717) is 18.1 Å². The number of aryl methyl sites for hydroxylation is 3. The molecule has 2 aromatic carbocycles. The van der Waals surface area contributed by atoms with Crippen molar-refractivity contribution in [1.29, 1.82) is 0 Å². The summed E-state index contributed by atoms with van der Waals surface area (Å²) in [5.41, 5.74) is 7.04. The summed E-state index contributed by atoms with van der Waals surface area (Å²) in [5, 5.41) is 15.6. The lowest BCUT2D eigenvalue weighted by molar-refractivity contribution is -0.139. The van der Waals surface area contributed by atoms with Crippen LogP contribution in [0.1, 0.15) is 38.3 Å². The van der Waals surface area contributed by atoms with Crippen LogP contribution in [0.5, 0.6) is 0 Å². The van der Waals surface area contributed by atoms with Gasteiger partial charge in [-0.15, -0.1) is 0 Å². The Hall–Kier alpha value is -4.33. The van der Waals surface area contributed by atoms with E-state index in [1.165, 1.54) is 0 Å². The monoisotopic (exact) mass is 471 g/mol. The van der Waals surface area contributed by atoms with Crippen molar-refractivity contribution in [3.05, 3.63) is 94.4 Å². The van der Waals surface area contributed by atoms with Crippen molar-refractivity contribution in [2.75, 3.05) is 5.32 Å². The zero-order valence-corrected chi connectivity index (χ0v) is 20.0. The number of imidazole rings is 1. The Morgan fingerprint density at radius 1 is 1.03 bits per heavy atom. The van der Waals surface area contributed by atoms with Crippen molar-refractivity contribution in [1.82, 2.24) is 20.3 Å². The zero-order chi connectivity index (χ0) is 24.9. The summed E-state index contributed by atoms with van der Waals surface area (Å²) in [6.45, 7) is 6.30. The van der Waals surface area contributed by atoms with Gasteiger partial charge in [-0.1, -0.05) is 42.0 Å². The standard InChI is InChI=1S/C27H29N5O3/c1-16-12-17(2)24(18(3)13-16)25(33)32-23(26(34)35)14-19-4-6-20(7-5-19)22-9-8-21(31-22)15-30-27-28-10-11-29-27/h4-13,23,31H,14-15H2,1-3H3,(H,32,33)(H,34,35)(H2,28,29,30). The van der Waals surface area contributed by atoms with Crippen LogP contribution in [0.4, 0.5) is 5.95 Å². The van der Waals surface area contributed by atoms with E-state index in [9.17, 15) is 14.7 Å². The third-order valence-electron chi connectivity index (χ3n) is 5.90. The fourth-order valence-electron chi connectivity index (χ4n) is 4.28. The Morgan fingerprint density at radius 2 is 1.74 bits per heavy atom. The number of carboxylic acid groups (broad SMARTS) is 1. The predicted molar refractivity (Wildman–Crippen MR) is 135 cm³/mol. The highest BCUT2D eigenvalue weighted by molar-refractivity contribution is 5.99. The van der Waals surface area contributed by atoms with Crippen LogP contribution in [0.15, 0.2) is 60.9 Å². The van der Waals surface area contributed by atoms with Gasteiger partial charge in [0.1, 0.15) is 6.04 Å². The largest absolute Gasteiger partial charge is 0.480 e. The van der Waals surface area contributed by atoms with Crippen molar-refractivity contribution in [3.8, 4) is 11.3 Å². The molecule has 0 radical (unpaired) electrons. The molecule has 4 rings (SSSR count). The number of carbonyl (C=O) groups is 2. The number of H-pyrrole nitrogens is 2. The number of hydrogen-bond acceptors (Lipinski definition) is 4. The van der Waals surface area contributed by atoms with Crippen molar-refractivity contribution in [2.45, 2.75) is 39.8 Å². The van der Waals surface area contributed by atoms with Gasteiger partial charge in [-0.2, -0.15) is 0 Å². The average Bonchev–Trinajstić information content (AvgIpc) is 3.49. The number of rotatable bonds is 9. The highest BCUT2D eigenvalue weighted by Crippen LogP contribution is 2.21. The summed E-state index contributed by atoms with van der Waals surface area (Å²) in [6, 6.07) is 14.5. The minimum Gasteiger partial charge on any atom is -0.480 e. The Labute approximate surface area is 203 Å². The van der Waals surface area contributed by atoms with E-state index in [2.05, 4.69) is 25.6 Å². The van der Waals surface area contributed by atoms with Crippen LogP contribution in [-0.4, -0.2) is 38.0 Å². The maximum atomic E-state index is 12.9. The number of nitrogens with one attached hydrogen (secondary N) is 4. The van der Waals surface area contributed by atoms with Crippen LogP contribution >= 0.6 is 0 Å². The molecule has 0 bridgehead atoms. The molecule has 0 saturated carbocycles. The van der Waals surface area contributed by atoms with Gasteiger partial charge in [0.2, 0.25) is 0 Å². The normalized spacial score (nSPS) is 11.7. The molecule has 0 aliphatic rings. The summed E-state index contributed by atoms with van der Waals surface area (Å²) in [7, 11) is 0. The quantitative estimate of drug-likeness (QED) is 0.248. The maximum absolute atomic E-state index is 12.9. The Balaban J connectivity index is 1.41. The minimum atomic E-state index is -1.07. The first kappa shape index (κ1) is 23.8. The second-order valence-corrected chi connectivity index (χ2v) is 8.73. The van der Waals surface area contributed by atoms with Gasteiger partial charge in [-0.25, -0.2) is 9.78 Å². The lowest BCUT2D eigenvalue weighted by Crippen LogP contribution is -2.42. The summed E-state index contributed by atoms with van der Waals surface area (Å²) in [6.07, 6.45) is 3.64. The van der Waals surface area contributed by atoms with E-state index < -0.39 is 12.0 Å². The number of aliphatic carboxylic acids is 1. The number of aromatic amines is 2. The summed E-state index contributed by atoms with van der Waals surface area (Å²) in [4.78, 5) is 35.3. The van der Waals surface area contributed by atoms with Crippen molar-refractivity contribution >= 4 is 17.8 Å². The first-order valence-electron chi connectivity index (χ1n) is 11.4. The maximum Gasteiger partial charge on any atom is 0.326 e. The first-order chi connectivity index (χ1) is 16.8. The van der Waals surface area contributed by atoms with Gasteiger partial charge >= 0.3 is 5.97 Å². The van der Waals surface area contributed by atoms with Crippen LogP contribution in [0.25, 0.3) is 11.3 Å². The first-order valence-corrected chi connectivity index (χ1v) is 11.4. The van der Waals surface area contributed by atoms with Gasteiger partial charge in [0.15, 0.2) is 5.95 Å². The Bertz CT molecular complexity index is 1300. The third-order valence-corrected chi connectivity index (χ3v) is 5.90. The summed E-state index contributed by atoms with van der Waals surface area (Å²) in [5.74, 6) is -0.729. The second kappa shape index (κ2) is 10.3. The molecule has 4 aromatic rings. The summed E-state index contributed by atoms with van der Waals surface area (Å²) >= 11 is 0. The topological polar surface area (TPSA) is 123 Å². The Morgan fingerprint density at radius 3 is 2.37 bits per heavy atom. The molecule has 35 heavy (non-hydrogen) atoms. The smallest absolute Gasteiger partial charge is 0.326 e. The van der Waals surface area contributed by atoms with Gasteiger partial charge in [0.25, 0.3) is 5.91 Å². The minimum absolute atomic E-state index is 0.189. The third kappa shape index (κ3) is 5.78. The number of nitrogens with zero attached hydrogens (tertiary/aromatic N) is 1. The number of anilines is 1. The van der Waals surface area contributed by atoms with Crippen molar-refractivity contribution in [3.63, 3.8) is 0 Å². The van der Waals surface area contributed by atoms with Gasteiger partial charge in [0.05, 0.1) is 6.54 Å². The van der Waals surface area contributed by atoms with Crippen molar-refractivity contribution < 1.29 is 14.7 Å². The molecule has 5 N–H and O–H groups in total. The molecule has 1 unspecified atom stereocenters. The number of amides is 1. The molecule has 8 heteroatoms. The molecule has 2 aromatic heterocycles. The van der Waals surface area contributed by atoms with Gasteiger partial charge < -0.3 is 25.7 Å². The van der Waals surface area contributed by atoms with E-state index in [4.69, 9.17) is 0 Å². The van der Waals surface area contributed by atoms with E-state index in [1.54, 1.807) is 12.4 Å². The van der Waals surface area contributed by atoms with Gasteiger partial charge in [-0.3, -0.25) is 4.79 Å². The lowest BCUT2D eigenvalue weighted by Gasteiger charge is -2.17. The molecule has 1 amide bonds. The lowest BCUT2D eigenvalue weighted by atomic mass is 9.98.